The first kappa shape index (κ1) is 14.8. The molecule has 0 spiro atoms. The number of ether oxygens (including phenoxy) is 1. The molecule has 1 aliphatic carbocycles. The Bertz CT molecular complexity index is 694. The van der Waals surface area contributed by atoms with Gasteiger partial charge in [0.05, 0.1) is 7.11 Å². The summed E-state index contributed by atoms with van der Waals surface area (Å²) in [6, 6.07) is 15.9. The van der Waals surface area contributed by atoms with Gasteiger partial charge in [-0.05, 0) is 60.4 Å². The normalized spacial score (nSPS) is 25.7. The molecule has 0 saturated carbocycles. The number of hydrogen-bond acceptors (Lipinski definition) is 2. The highest BCUT2D eigenvalue weighted by atomic mass is 16.5. The minimum atomic E-state index is 0.598. The first-order chi connectivity index (χ1) is 11.3. The van der Waals surface area contributed by atoms with Gasteiger partial charge in [0.1, 0.15) is 5.75 Å². The summed E-state index contributed by atoms with van der Waals surface area (Å²) in [5.74, 6) is 2.46. The predicted molar refractivity (Wildman–Crippen MR) is 94.2 cm³/mol. The van der Waals surface area contributed by atoms with Crippen LogP contribution in [0.4, 0.5) is 0 Å². The van der Waals surface area contributed by atoms with Crippen LogP contribution in [-0.2, 0) is 12.8 Å². The van der Waals surface area contributed by atoms with E-state index >= 15 is 0 Å². The number of methoxy groups -OCH3 is 1. The second-order valence-electron chi connectivity index (χ2n) is 6.99. The molecule has 1 fully saturated rings. The van der Waals surface area contributed by atoms with Gasteiger partial charge in [-0.2, -0.15) is 0 Å². The topological polar surface area (TPSA) is 21.3 Å². The monoisotopic (exact) mass is 307 g/mol. The Morgan fingerprint density at radius 1 is 1.13 bits per heavy atom. The molecule has 1 N–H and O–H groups in total. The largest absolute Gasteiger partial charge is 0.496 e. The fourth-order valence-electron chi connectivity index (χ4n) is 4.71. The van der Waals surface area contributed by atoms with Crippen LogP contribution in [0.15, 0.2) is 42.5 Å². The molecule has 2 aromatic carbocycles. The van der Waals surface area contributed by atoms with E-state index in [-0.39, 0.29) is 0 Å². The first-order valence-corrected chi connectivity index (χ1v) is 8.71. The van der Waals surface area contributed by atoms with Gasteiger partial charge in [0, 0.05) is 18.5 Å². The van der Waals surface area contributed by atoms with Gasteiger partial charge in [0.15, 0.2) is 0 Å². The van der Waals surface area contributed by atoms with Gasteiger partial charge < -0.3 is 10.1 Å². The molecule has 0 radical (unpaired) electrons. The van der Waals surface area contributed by atoms with Crippen molar-refractivity contribution in [1.29, 1.82) is 0 Å². The van der Waals surface area contributed by atoms with Crippen molar-refractivity contribution in [3.8, 4) is 5.75 Å². The van der Waals surface area contributed by atoms with Crippen LogP contribution in [0.25, 0.3) is 0 Å². The Balaban J connectivity index is 1.62. The molecular formula is C21H25NO. The predicted octanol–water partition coefficient (Wildman–Crippen LogP) is 3.86. The lowest BCUT2D eigenvalue weighted by Gasteiger charge is -2.33. The van der Waals surface area contributed by atoms with Gasteiger partial charge in [-0.25, -0.2) is 0 Å². The average Bonchev–Trinajstić information content (AvgIpc) is 2.99. The van der Waals surface area contributed by atoms with Crippen molar-refractivity contribution in [2.75, 3.05) is 13.7 Å². The Labute approximate surface area is 138 Å². The molecule has 0 bridgehead atoms. The number of rotatable bonds is 3. The highest BCUT2D eigenvalue weighted by molar-refractivity contribution is 5.49. The SMILES string of the molecule is COc1ccc(C)c2c1CCC1C(Cc3ccccc3)NCC21. The van der Waals surface area contributed by atoms with Crippen molar-refractivity contribution in [2.24, 2.45) is 5.92 Å². The summed E-state index contributed by atoms with van der Waals surface area (Å²) in [6.07, 6.45) is 3.55. The Kier molecular flexibility index (Phi) is 3.86. The third-order valence-corrected chi connectivity index (χ3v) is 5.78. The number of aryl methyl sites for hydroxylation is 1. The van der Waals surface area contributed by atoms with Gasteiger partial charge in [-0.15, -0.1) is 0 Å². The van der Waals surface area contributed by atoms with Crippen LogP contribution in [0.3, 0.4) is 0 Å². The number of nitrogens with one attached hydrogen (secondary N) is 1. The third-order valence-electron chi connectivity index (χ3n) is 5.78. The maximum Gasteiger partial charge on any atom is 0.122 e. The second kappa shape index (κ2) is 6.01. The number of benzene rings is 2. The Morgan fingerprint density at radius 2 is 1.96 bits per heavy atom. The zero-order valence-electron chi connectivity index (χ0n) is 14.0. The lowest BCUT2D eigenvalue weighted by atomic mass is 9.72. The van der Waals surface area contributed by atoms with E-state index in [9.17, 15) is 0 Å². The van der Waals surface area contributed by atoms with Gasteiger partial charge in [-0.1, -0.05) is 36.4 Å². The zero-order valence-corrected chi connectivity index (χ0v) is 14.0. The van der Waals surface area contributed by atoms with Crippen LogP contribution in [-0.4, -0.2) is 19.7 Å². The molecule has 2 aromatic rings. The summed E-state index contributed by atoms with van der Waals surface area (Å²) >= 11 is 0. The molecule has 1 aliphatic heterocycles. The summed E-state index contributed by atoms with van der Waals surface area (Å²) in [5, 5.41) is 3.81. The Hall–Kier alpha value is -1.80. The molecule has 3 atom stereocenters. The smallest absolute Gasteiger partial charge is 0.122 e. The highest BCUT2D eigenvalue weighted by Gasteiger charge is 2.41. The van der Waals surface area contributed by atoms with Crippen LogP contribution in [0.2, 0.25) is 0 Å². The molecule has 23 heavy (non-hydrogen) atoms. The van der Waals surface area contributed by atoms with E-state index in [1.54, 1.807) is 12.7 Å². The van der Waals surface area contributed by atoms with Crippen molar-refractivity contribution in [3.63, 3.8) is 0 Å². The number of fused-ring (bicyclic) bond motifs is 3. The second-order valence-corrected chi connectivity index (χ2v) is 6.99. The third kappa shape index (κ3) is 2.55. The van der Waals surface area contributed by atoms with Crippen molar-refractivity contribution < 1.29 is 4.74 Å². The van der Waals surface area contributed by atoms with Crippen LogP contribution >= 0.6 is 0 Å². The average molecular weight is 307 g/mol. The molecule has 4 rings (SSSR count). The van der Waals surface area contributed by atoms with E-state index in [0.717, 1.165) is 31.1 Å². The summed E-state index contributed by atoms with van der Waals surface area (Å²) in [7, 11) is 1.79. The molecule has 1 saturated heterocycles. The van der Waals surface area contributed by atoms with E-state index in [2.05, 4.69) is 54.7 Å². The lowest BCUT2D eigenvalue weighted by Crippen LogP contribution is -2.31. The van der Waals surface area contributed by atoms with E-state index in [1.807, 2.05) is 0 Å². The summed E-state index contributed by atoms with van der Waals surface area (Å²) in [4.78, 5) is 0. The highest BCUT2D eigenvalue weighted by Crippen LogP contribution is 2.45. The zero-order chi connectivity index (χ0) is 15.8. The van der Waals surface area contributed by atoms with Crippen LogP contribution in [0, 0.1) is 12.8 Å². The van der Waals surface area contributed by atoms with Gasteiger partial charge in [-0.3, -0.25) is 0 Å². The van der Waals surface area contributed by atoms with Gasteiger partial charge in [0.25, 0.3) is 0 Å². The molecule has 2 heteroatoms. The van der Waals surface area contributed by atoms with Crippen LogP contribution < -0.4 is 10.1 Å². The molecule has 0 aromatic heterocycles. The molecule has 0 amide bonds. The fourth-order valence-corrected chi connectivity index (χ4v) is 4.71. The van der Waals surface area contributed by atoms with Crippen molar-refractivity contribution in [2.45, 2.75) is 38.1 Å². The van der Waals surface area contributed by atoms with Crippen molar-refractivity contribution >= 4 is 0 Å². The standard InChI is InChI=1S/C21H25NO/c1-14-8-11-20(23-2)17-10-9-16-18(21(14)17)13-22-19(16)12-15-6-4-3-5-7-15/h3-8,11,16,18-19,22H,9-10,12-13H2,1-2H3. The summed E-state index contributed by atoms with van der Waals surface area (Å²) in [6.45, 7) is 3.36. The van der Waals surface area contributed by atoms with Gasteiger partial charge >= 0.3 is 0 Å². The van der Waals surface area contributed by atoms with E-state index in [4.69, 9.17) is 4.74 Å². The van der Waals surface area contributed by atoms with E-state index in [1.165, 1.54) is 23.1 Å². The molecule has 2 aliphatic rings. The van der Waals surface area contributed by atoms with E-state index in [0.29, 0.717) is 12.0 Å². The molecule has 3 unspecified atom stereocenters. The Morgan fingerprint density at radius 3 is 2.74 bits per heavy atom. The first-order valence-electron chi connectivity index (χ1n) is 8.71. The minimum absolute atomic E-state index is 0.598. The fraction of sp³-hybridized carbons (Fsp3) is 0.429. The quantitative estimate of drug-likeness (QED) is 0.929. The van der Waals surface area contributed by atoms with Crippen LogP contribution in [0.5, 0.6) is 5.75 Å². The van der Waals surface area contributed by atoms with Crippen molar-refractivity contribution in [3.05, 3.63) is 64.7 Å². The lowest BCUT2D eigenvalue weighted by molar-refractivity contribution is 0.358. The minimum Gasteiger partial charge on any atom is -0.496 e. The molecular weight excluding hydrogens is 282 g/mol. The summed E-state index contributed by atoms with van der Waals surface area (Å²) < 4.78 is 5.62. The van der Waals surface area contributed by atoms with E-state index < -0.39 is 0 Å². The maximum atomic E-state index is 5.62. The maximum absolute atomic E-state index is 5.62. The van der Waals surface area contributed by atoms with Crippen molar-refractivity contribution in [1.82, 2.24) is 5.32 Å². The summed E-state index contributed by atoms with van der Waals surface area (Å²) in [5.41, 5.74) is 5.89. The molecule has 1 heterocycles. The molecule has 120 valence electrons. The van der Waals surface area contributed by atoms with Gasteiger partial charge in [0.2, 0.25) is 0 Å². The number of hydrogen-bond donors (Lipinski definition) is 1. The van der Waals surface area contributed by atoms with Crippen LogP contribution in [0.1, 0.15) is 34.6 Å². The molecule has 2 nitrogen and oxygen atoms in total.